The molecule has 5 heteroatoms. The van der Waals surface area contributed by atoms with Gasteiger partial charge in [-0.25, -0.2) is 4.98 Å². The van der Waals surface area contributed by atoms with E-state index >= 15 is 0 Å². The molecule has 3 rings (SSSR count). The van der Waals surface area contributed by atoms with Crippen molar-refractivity contribution < 1.29 is 4.79 Å². The van der Waals surface area contributed by atoms with Gasteiger partial charge in [0.05, 0.1) is 23.6 Å². The number of hydrogen-bond donors (Lipinski definition) is 1. The normalized spacial score (nSPS) is 19.7. The van der Waals surface area contributed by atoms with Gasteiger partial charge in [0, 0.05) is 7.05 Å². The summed E-state index contributed by atoms with van der Waals surface area (Å²) < 4.78 is 0. The lowest BCUT2D eigenvalue weighted by molar-refractivity contribution is -0.135. The Morgan fingerprint density at radius 3 is 3.04 bits per heavy atom. The molecule has 124 valence electrons. The maximum Gasteiger partial charge on any atom is 0.240 e. The van der Waals surface area contributed by atoms with E-state index < -0.39 is 0 Å². The highest BCUT2D eigenvalue weighted by Gasteiger charge is 2.27. The molecule has 0 aliphatic carbocycles. The molecule has 0 saturated carbocycles. The van der Waals surface area contributed by atoms with Crippen LogP contribution in [0, 0.1) is 6.92 Å². The maximum atomic E-state index is 12.8. The average Bonchev–Trinajstić information content (AvgIpc) is 2.78. The Hall–Kier alpha value is -1.88. The monoisotopic (exact) mass is 314 g/mol. The quantitative estimate of drug-likeness (QED) is 0.947. The van der Waals surface area contributed by atoms with Crippen LogP contribution in [0.3, 0.4) is 0 Å². The van der Waals surface area contributed by atoms with E-state index in [4.69, 9.17) is 0 Å². The Bertz CT molecular complexity index is 693. The van der Waals surface area contributed by atoms with Crippen LogP contribution in [0.2, 0.25) is 0 Å². The number of hydrogen-bond acceptors (Lipinski definition) is 3. The molecule has 1 fully saturated rings. The van der Waals surface area contributed by atoms with Crippen molar-refractivity contribution in [3.63, 3.8) is 0 Å². The average molecular weight is 314 g/mol. The summed E-state index contributed by atoms with van der Waals surface area (Å²) in [5, 5.41) is 0. The molecule has 1 atom stereocenters. The summed E-state index contributed by atoms with van der Waals surface area (Å²) in [6.45, 7) is 3.60. The number of nitrogens with one attached hydrogen (secondary N) is 1. The Labute approximate surface area is 137 Å². The summed E-state index contributed by atoms with van der Waals surface area (Å²) in [7, 11) is 3.94. The molecule has 23 heavy (non-hydrogen) atoms. The number of H-pyrrole nitrogens is 1. The van der Waals surface area contributed by atoms with Crippen LogP contribution < -0.4 is 0 Å². The second-order valence-electron chi connectivity index (χ2n) is 6.74. The number of nitrogens with zero attached hydrogens (tertiary/aromatic N) is 3. The number of benzene rings is 1. The molecule has 1 N–H and O–H groups in total. The Balaban J connectivity index is 1.71. The van der Waals surface area contributed by atoms with E-state index in [0.717, 1.165) is 36.2 Å². The molecule has 1 aliphatic rings. The Morgan fingerprint density at radius 2 is 2.22 bits per heavy atom. The van der Waals surface area contributed by atoms with Gasteiger partial charge in [0.25, 0.3) is 0 Å². The summed E-state index contributed by atoms with van der Waals surface area (Å²) in [5.41, 5.74) is 3.20. The first-order valence-electron chi connectivity index (χ1n) is 8.45. The van der Waals surface area contributed by atoms with Gasteiger partial charge in [0.1, 0.15) is 5.82 Å². The van der Waals surface area contributed by atoms with E-state index in [1.54, 1.807) is 4.90 Å². The Kier molecular flexibility index (Phi) is 4.66. The summed E-state index contributed by atoms with van der Waals surface area (Å²) in [4.78, 5) is 24.7. The Morgan fingerprint density at radius 1 is 1.39 bits per heavy atom. The lowest BCUT2D eigenvalue weighted by Gasteiger charge is -2.28. The van der Waals surface area contributed by atoms with Crippen molar-refractivity contribution in [2.45, 2.75) is 45.2 Å². The van der Waals surface area contributed by atoms with Crippen LogP contribution in [0.15, 0.2) is 18.2 Å². The van der Waals surface area contributed by atoms with Crippen molar-refractivity contribution >= 4 is 16.9 Å². The molecule has 2 heterocycles. The molecular formula is C18H26N4O. The SMILES string of the molecule is Cc1ccc2nc(CN(C)C(=O)[C@H]3CCCCCN3C)[nH]c2c1. The van der Waals surface area contributed by atoms with E-state index in [-0.39, 0.29) is 11.9 Å². The summed E-state index contributed by atoms with van der Waals surface area (Å²) in [6, 6.07) is 6.18. The van der Waals surface area contributed by atoms with Gasteiger partial charge in [0.15, 0.2) is 0 Å². The van der Waals surface area contributed by atoms with Gasteiger partial charge in [-0.05, 0) is 51.1 Å². The van der Waals surface area contributed by atoms with E-state index in [0.29, 0.717) is 6.54 Å². The van der Waals surface area contributed by atoms with E-state index in [1.165, 1.54) is 18.4 Å². The third-order valence-electron chi connectivity index (χ3n) is 4.76. The summed E-state index contributed by atoms with van der Waals surface area (Å²) in [6.07, 6.45) is 4.51. The molecule has 1 amide bonds. The number of amides is 1. The first kappa shape index (κ1) is 16.0. The molecule has 1 aliphatic heterocycles. The topological polar surface area (TPSA) is 52.2 Å². The highest BCUT2D eigenvalue weighted by atomic mass is 16.2. The summed E-state index contributed by atoms with van der Waals surface area (Å²) >= 11 is 0. The van der Waals surface area contributed by atoms with Gasteiger partial charge in [-0.1, -0.05) is 18.9 Å². The number of likely N-dealkylation sites (tertiary alicyclic amines) is 1. The number of carbonyl (C=O) groups excluding carboxylic acids is 1. The minimum Gasteiger partial charge on any atom is -0.340 e. The fraction of sp³-hybridized carbons (Fsp3) is 0.556. The molecule has 1 saturated heterocycles. The highest BCUT2D eigenvalue weighted by molar-refractivity contribution is 5.82. The maximum absolute atomic E-state index is 12.8. The predicted octanol–water partition coefficient (Wildman–Crippen LogP) is 2.70. The summed E-state index contributed by atoms with van der Waals surface area (Å²) in [5.74, 6) is 1.05. The van der Waals surface area contributed by atoms with Crippen molar-refractivity contribution in [3.05, 3.63) is 29.6 Å². The number of aromatic amines is 1. The number of likely N-dealkylation sites (N-methyl/N-ethyl adjacent to an activating group) is 2. The third-order valence-corrected chi connectivity index (χ3v) is 4.76. The molecule has 0 spiro atoms. The van der Waals surface area contributed by atoms with Crippen LogP contribution in [0.25, 0.3) is 11.0 Å². The second kappa shape index (κ2) is 6.71. The first-order valence-corrected chi connectivity index (χ1v) is 8.45. The molecule has 0 radical (unpaired) electrons. The van der Waals surface area contributed by atoms with E-state index in [1.807, 2.05) is 13.1 Å². The molecule has 0 bridgehead atoms. The lowest BCUT2D eigenvalue weighted by Crippen LogP contribution is -2.45. The number of aromatic nitrogens is 2. The minimum atomic E-state index is 0.00845. The zero-order chi connectivity index (χ0) is 16.4. The van der Waals surface area contributed by atoms with E-state index in [2.05, 4.69) is 41.0 Å². The molecule has 1 aromatic heterocycles. The van der Waals surface area contributed by atoms with Gasteiger partial charge >= 0.3 is 0 Å². The van der Waals surface area contributed by atoms with Crippen LogP contribution in [0.4, 0.5) is 0 Å². The van der Waals surface area contributed by atoms with Gasteiger partial charge in [-0.3, -0.25) is 9.69 Å². The largest absolute Gasteiger partial charge is 0.340 e. The van der Waals surface area contributed by atoms with Crippen LogP contribution in [-0.2, 0) is 11.3 Å². The number of imidazole rings is 1. The molecular weight excluding hydrogens is 288 g/mol. The van der Waals surface area contributed by atoms with Crippen LogP contribution >= 0.6 is 0 Å². The predicted molar refractivity (Wildman–Crippen MR) is 92.2 cm³/mol. The van der Waals surface area contributed by atoms with Gasteiger partial charge in [-0.15, -0.1) is 0 Å². The van der Waals surface area contributed by atoms with E-state index in [9.17, 15) is 4.79 Å². The highest BCUT2D eigenvalue weighted by Crippen LogP contribution is 2.18. The number of fused-ring (bicyclic) bond motifs is 1. The van der Waals surface area contributed by atoms with Gasteiger partial charge in [-0.2, -0.15) is 0 Å². The van der Waals surface area contributed by atoms with Crippen molar-refractivity contribution in [1.29, 1.82) is 0 Å². The van der Waals surface area contributed by atoms with Crippen molar-refractivity contribution in [2.75, 3.05) is 20.6 Å². The number of aryl methyl sites for hydroxylation is 1. The number of rotatable bonds is 3. The smallest absolute Gasteiger partial charge is 0.240 e. The van der Waals surface area contributed by atoms with Crippen molar-refractivity contribution in [1.82, 2.24) is 19.8 Å². The minimum absolute atomic E-state index is 0.00845. The first-order chi connectivity index (χ1) is 11.0. The fourth-order valence-corrected chi connectivity index (χ4v) is 3.37. The van der Waals surface area contributed by atoms with Crippen LogP contribution in [0.5, 0.6) is 0 Å². The molecule has 1 aromatic carbocycles. The molecule has 0 unspecified atom stereocenters. The molecule has 5 nitrogen and oxygen atoms in total. The third kappa shape index (κ3) is 3.55. The lowest BCUT2D eigenvalue weighted by atomic mass is 10.1. The zero-order valence-corrected chi connectivity index (χ0v) is 14.3. The zero-order valence-electron chi connectivity index (χ0n) is 14.3. The van der Waals surface area contributed by atoms with Crippen molar-refractivity contribution in [2.24, 2.45) is 0 Å². The standard InChI is InChI=1S/C18H26N4O/c1-13-8-9-14-15(11-13)20-17(19-14)12-22(3)18(23)16-7-5-4-6-10-21(16)2/h8-9,11,16H,4-7,10,12H2,1-3H3,(H,19,20)/t16-/m1/s1. The second-order valence-corrected chi connectivity index (χ2v) is 6.74. The van der Waals surface area contributed by atoms with Gasteiger partial charge in [0.2, 0.25) is 5.91 Å². The number of carbonyl (C=O) groups is 1. The van der Waals surface area contributed by atoms with Gasteiger partial charge < -0.3 is 9.88 Å². The van der Waals surface area contributed by atoms with Crippen LogP contribution in [0.1, 0.15) is 37.1 Å². The van der Waals surface area contributed by atoms with Crippen molar-refractivity contribution in [3.8, 4) is 0 Å². The molecule has 2 aromatic rings. The fourth-order valence-electron chi connectivity index (χ4n) is 3.37. The van der Waals surface area contributed by atoms with Crippen LogP contribution in [-0.4, -0.2) is 52.4 Å².